The van der Waals surface area contributed by atoms with E-state index in [1.54, 1.807) is 12.1 Å². The molecule has 1 amide bonds. The second-order valence-corrected chi connectivity index (χ2v) is 4.16. The SMILES string of the molecule is CC(CN)Nc1cccc(Br)c1C(N)=O. The molecule has 0 bridgehead atoms. The molecule has 5 heteroatoms. The lowest BCUT2D eigenvalue weighted by atomic mass is 10.1. The van der Waals surface area contributed by atoms with Crippen molar-refractivity contribution in [2.24, 2.45) is 11.5 Å². The topological polar surface area (TPSA) is 81.1 Å². The first-order valence-corrected chi connectivity index (χ1v) is 5.40. The minimum Gasteiger partial charge on any atom is -0.381 e. The van der Waals surface area contributed by atoms with Crippen molar-refractivity contribution < 1.29 is 4.79 Å². The summed E-state index contributed by atoms with van der Waals surface area (Å²) in [6, 6.07) is 5.51. The molecule has 4 nitrogen and oxygen atoms in total. The number of nitrogens with two attached hydrogens (primary N) is 2. The maximum atomic E-state index is 11.2. The minimum absolute atomic E-state index is 0.0948. The van der Waals surface area contributed by atoms with E-state index in [0.717, 1.165) is 0 Å². The van der Waals surface area contributed by atoms with Crippen molar-refractivity contribution in [1.29, 1.82) is 0 Å². The normalized spacial score (nSPS) is 12.2. The molecule has 0 aliphatic rings. The summed E-state index contributed by atoms with van der Waals surface area (Å²) in [5, 5.41) is 3.13. The summed E-state index contributed by atoms with van der Waals surface area (Å²) >= 11 is 3.29. The molecule has 1 atom stereocenters. The zero-order chi connectivity index (χ0) is 11.4. The second kappa shape index (κ2) is 5.14. The maximum absolute atomic E-state index is 11.2. The Hall–Kier alpha value is -1.07. The number of nitrogens with one attached hydrogen (secondary N) is 1. The number of carbonyl (C=O) groups is 1. The van der Waals surface area contributed by atoms with Gasteiger partial charge in [-0.05, 0) is 35.0 Å². The lowest BCUT2D eigenvalue weighted by Crippen LogP contribution is -2.27. The molecule has 15 heavy (non-hydrogen) atoms. The van der Waals surface area contributed by atoms with Crippen molar-refractivity contribution in [3.8, 4) is 0 Å². The van der Waals surface area contributed by atoms with Gasteiger partial charge in [0.1, 0.15) is 0 Å². The van der Waals surface area contributed by atoms with Gasteiger partial charge in [0.15, 0.2) is 0 Å². The number of primary amides is 1. The summed E-state index contributed by atoms with van der Waals surface area (Å²) in [4.78, 5) is 11.2. The Morgan fingerprint density at radius 3 is 2.80 bits per heavy atom. The lowest BCUT2D eigenvalue weighted by molar-refractivity contribution is 0.100. The molecule has 1 unspecified atom stereocenters. The Balaban J connectivity index is 3.06. The van der Waals surface area contributed by atoms with Gasteiger partial charge in [0.25, 0.3) is 5.91 Å². The molecular weight excluding hydrogens is 258 g/mol. The molecular formula is C10H14BrN3O. The molecule has 0 radical (unpaired) electrons. The van der Waals surface area contributed by atoms with Gasteiger partial charge >= 0.3 is 0 Å². The number of hydrogen-bond donors (Lipinski definition) is 3. The van der Waals surface area contributed by atoms with Crippen LogP contribution in [0.1, 0.15) is 17.3 Å². The average Bonchev–Trinajstić information content (AvgIpc) is 2.17. The van der Waals surface area contributed by atoms with Crippen molar-refractivity contribution >= 4 is 27.5 Å². The molecule has 0 fully saturated rings. The predicted octanol–water partition coefficient (Wildman–Crippen LogP) is 1.31. The van der Waals surface area contributed by atoms with Crippen molar-refractivity contribution in [3.05, 3.63) is 28.2 Å². The number of hydrogen-bond acceptors (Lipinski definition) is 3. The molecule has 0 saturated carbocycles. The van der Waals surface area contributed by atoms with Crippen molar-refractivity contribution in [1.82, 2.24) is 0 Å². The summed E-state index contributed by atoms with van der Waals surface area (Å²) in [6.07, 6.45) is 0. The molecule has 1 rings (SSSR count). The highest BCUT2D eigenvalue weighted by Gasteiger charge is 2.12. The van der Waals surface area contributed by atoms with Crippen LogP contribution in [-0.2, 0) is 0 Å². The Bertz CT molecular complexity index is 368. The fraction of sp³-hybridized carbons (Fsp3) is 0.300. The van der Waals surface area contributed by atoms with Crippen LogP contribution in [0.4, 0.5) is 5.69 Å². The van der Waals surface area contributed by atoms with Crippen LogP contribution in [0.3, 0.4) is 0 Å². The lowest BCUT2D eigenvalue weighted by Gasteiger charge is -2.16. The molecule has 82 valence electrons. The monoisotopic (exact) mass is 271 g/mol. The Labute approximate surface area is 97.1 Å². The molecule has 1 aromatic carbocycles. The number of amides is 1. The van der Waals surface area contributed by atoms with E-state index >= 15 is 0 Å². The smallest absolute Gasteiger partial charge is 0.251 e. The fourth-order valence-electron chi connectivity index (χ4n) is 1.22. The third-order valence-electron chi connectivity index (χ3n) is 2.02. The van der Waals surface area contributed by atoms with Crippen molar-refractivity contribution in [2.75, 3.05) is 11.9 Å². The van der Waals surface area contributed by atoms with E-state index in [9.17, 15) is 4.79 Å². The fourth-order valence-corrected chi connectivity index (χ4v) is 1.78. The molecule has 1 aromatic rings. The van der Waals surface area contributed by atoms with Gasteiger partial charge in [-0.25, -0.2) is 0 Å². The summed E-state index contributed by atoms with van der Waals surface area (Å²) < 4.78 is 0.684. The van der Waals surface area contributed by atoms with Crippen molar-refractivity contribution in [2.45, 2.75) is 13.0 Å². The highest BCUT2D eigenvalue weighted by atomic mass is 79.9. The van der Waals surface area contributed by atoms with Gasteiger partial charge in [0, 0.05) is 22.7 Å². The number of carbonyl (C=O) groups excluding carboxylic acids is 1. The van der Waals surface area contributed by atoms with Gasteiger partial charge in [-0.3, -0.25) is 4.79 Å². The van der Waals surface area contributed by atoms with Crippen LogP contribution in [0.2, 0.25) is 0 Å². The largest absolute Gasteiger partial charge is 0.381 e. The van der Waals surface area contributed by atoms with Crippen LogP contribution in [0.15, 0.2) is 22.7 Å². The maximum Gasteiger partial charge on any atom is 0.251 e. The van der Waals surface area contributed by atoms with Gasteiger partial charge in [-0.15, -0.1) is 0 Å². The zero-order valence-electron chi connectivity index (χ0n) is 8.46. The van der Waals surface area contributed by atoms with Gasteiger partial charge in [-0.2, -0.15) is 0 Å². The Morgan fingerprint density at radius 2 is 2.27 bits per heavy atom. The average molecular weight is 272 g/mol. The van der Waals surface area contributed by atoms with Gasteiger partial charge in [-0.1, -0.05) is 6.07 Å². The van der Waals surface area contributed by atoms with Crippen LogP contribution in [0.5, 0.6) is 0 Å². The zero-order valence-corrected chi connectivity index (χ0v) is 10.0. The molecule has 5 N–H and O–H groups in total. The van der Waals surface area contributed by atoms with Crippen LogP contribution in [0.25, 0.3) is 0 Å². The minimum atomic E-state index is -0.464. The van der Waals surface area contributed by atoms with E-state index < -0.39 is 5.91 Å². The second-order valence-electron chi connectivity index (χ2n) is 3.31. The summed E-state index contributed by atoms with van der Waals surface area (Å²) in [5.41, 5.74) is 11.9. The van der Waals surface area contributed by atoms with Crippen LogP contribution < -0.4 is 16.8 Å². The van der Waals surface area contributed by atoms with Crippen LogP contribution in [-0.4, -0.2) is 18.5 Å². The third kappa shape index (κ3) is 2.94. The molecule has 0 saturated heterocycles. The predicted molar refractivity (Wildman–Crippen MR) is 64.8 cm³/mol. The Kier molecular flexibility index (Phi) is 4.11. The van der Waals surface area contributed by atoms with Crippen LogP contribution in [0, 0.1) is 0 Å². The van der Waals surface area contributed by atoms with E-state index in [2.05, 4.69) is 21.2 Å². The van der Waals surface area contributed by atoms with Gasteiger partial charge in [0.05, 0.1) is 5.56 Å². The quantitative estimate of drug-likeness (QED) is 0.772. The van der Waals surface area contributed by atoms with E-state index in [0.29, 0.717) is 22.3 Å². The number of halogens is 1. The van der Waals surface area contributed by atoms with E-state index in [-0.39, 0.29) is 6.04 Å². The van der Waals surface area contributed by atoms with Crippen LogP contribution >= 0.6 is 15.9 Å². The standard InChI is InChI=1S/C10H14BrN3O/c1-6(5-12)14-8-4-2-3-7(11)9(8)10(13)15/h2-4,6,14H,5,12H2,1H3,(H2,13,15). The number of rotatable bonds is 4. The molecule has 0 heterocycles. The van der Waals surface area contributed by atoms with E-state index in [1.807, 2.05) is 13.0 Å². The van der Waals surface area contributed by atoms with E-state index in [1.165, 1.54) is 0 Å². The molecule has 0 aromatic heterocycles. The van der Waals surface area contributed by atoms with Gasteiger partial charge in [0.2, 0.25) is 0 Å². The summed E-state index contributed by atoms with van der Waals surface area (Å²) in [5.74, 6) is -0.464. The highest BCUT2D eigenvalue weighted by molar-refractivity contribution is 9.10. The van der Waals surface area contributed by atoms with Crippen molar-refractivity contribution in [3.63, 3.8) is 0 Å². The summed E-state index contributed by atoms with van der Waals surface area (Å²) in [7, 11) is 0. The Morgan fingerprint density at radius 1 is 1.60 bits per heavy atom. The van der Waals surface area contributed by atoms with E-state index in [4.69, 9.17) is 11.5 Å². The summed E-state index contributed by atoms with van der Waals surface area (Å²) in [6.45, 7) is 2.43. The first kappa shape index (κ1) is 12.0. The highest BCUT2D eigenvalue weighted by Crippen LogP contribution is 2.24. The number of anilines is 1. The third-order valence-corrected chi connectivity index (χ3v) is 2.68. The first-order chi connectivity index (χ1) is 7.06. The number of benzene rings is 1. The molecule has 0 aliphatic carbocycles. The molecule has 0 spiro atoms. The van der Waals surface area contributed by atoms with Gasteiger partial charge < -0.3 is 16.8 Å². The first-order valence-electron chi connectivity index (χ1n) is 4.61. The molecule has 0 aliphatic heterocycles.